The number of imidazole rings is 1. The minimum Gasteiger partial charge on any atom is -0.465 e. The molecule has 0 spiro atoms. The molecule has 0 amide bonds. The second kappa shape index (κ2) is 27.7. The van der Waals surface area contributed by atoms with Crippen molar-refractivity contribution in [1.82, 2.24) is 34.2 Å². The van der Waals surface area contributed by atoms with Gasteiger partial charge in [0.15, 0.2) is 10.8 Å². The fourth-order valence-electron chi connectivity index (χ4n) is 8.90. The molecule has 67 heavy (non-hydrogen) atoms. The largest absolute Gasteiger partial charge is 0.465 e. The van der Waals surface area contributed by atoms with Crippen LogP contribution in [0.3, 0.4) is 0 Å². The minimum atomic E-state index is -0.972. The summed E-state index contributed by atoms with van der Waals surface area (Å²) in [5.74, 6) is 0.357. The van der Waals surface area contributed by atoms with Gasteiger partial charge in [-0.15, -0.1) is 42.3 Å². The van der Waals surface area contributed by atoms with Gasteiger partial charge in [-0.3, -0.25) is 14.6 Å². The van der Waals surface area contributed by atoms with Gasteiger partial charge in [0, 0.05) is 58.9 Å². The van der Waals surface area contributed by atoms with E-state index in [1.165, 1.54) is 22.3 Å². The van der Waals surface area contributed by atoms with Gasteiger partial charge in [-0.25, -0.2) is 9.50 Å². The van der Waals surface area contributed by atoms with Crippen molar-refractivity contribution in [2.45, 2.75) is 51.1 Å². The number of benzene rings is 4. The molecule has 0 radical (unpaired) electrons. The average Bonchev–Trinajstić information content (AvgIpc) is 3.68. The number of nitrogens with one attached hydrogen (secondary N) is 1. The molecular weight excluding hydrogens is 924 g/mol. The molecule has 11 nitrogen and oxygen atoms in total. The number of fused-ring (bicyclic) bond motifs is 1. The third kappa shape index (κ3) is 14.6. The highest BCUT2D eigenvalue weighted by molar-refractivity contribution is 6.30. The molecule has 0 atom stereocenters. The van der Waals surface area contributed by atoms with Crippen molar-refractivity contribution in [3.05, 3.63) is 167 Å². The number of ether oxygens (including phenoxy) is 1. The summed E-state index contributed by atoms with van der Waals surface area (Å²) in [6.45, 7) is 18.0. The molecule has 2 saturated heterocycles. The van der Waals surface area contributed by atoms with Crippen LogP contribution in [-0.4, -0.2) is 125 Å². The van der Waals surface area contributed by atoms with Gasteiger partial charge in [-0.2, -0.15) is 0 Å². The maximum Gasteiger partial charge on any atom is 0.317 e. The van der Waals surface area contributed by atoms with Crippen LogP contribution >= 0.6 is 48.8 Å². The van der Waals surface area contributed by atoms with Crippen LogP contribution in [0.2, 0.25) is 5.15 Å². The van der Waals surface area contributed by atoms with Crippen molar-refractivity contribution in [2.75, 3.05) is 90.5 Å². The second-order valence-corrected chi connectivity index (χ2v) is 17.6. The second-order valence-electron chi connectivity index (χ2n) is 17.2. The Bertz CT molecular complexity index is 2230. The summed E-state index contributed by atoms with van der Waals surface area (Å²) in [4.78, 5) is 27.3. The molecule has 0 saturated carbocycles. The van der Waals surface area contributed by atoms with E-state index in [2.05, 4.69) is 156 Å². The lowest BCUT2D eigenvalue weighted by Gasteiger charge is -2.39. The number of carbonyl (C=O) groups excluding carboxylic acids is 1. The van der Waals surface area contributed by atoms with Gasteiger partial charge in [0.2, 0.25) is 0 Å². The zero-order valence-electron chi connectivity index (χ0n) is 39.1. The number of halogens is 4. The molecule has 2 aliphatic rings. The van der Waals surface area contributed by atoms with Gasteiger partial charge >= 0.3 is 5.97 Å². The molecule has 8 rings (SSSR count). The first kappa shape index (κ1) is 55.3. The number of nitrogens with two attached hydrogens (primary N) is 1. The summed E-state index contributed by atoms with van der Waals surface area (Å²) in [5, 5.41) is 8.36. The number of carbonyl (C=O) groups is 1. The smallest absolute Gasteiger partial charge is 0.317 e. The molecule has 15 heteroatoms. The Kier molecular flexibility index (Phi) is 22.8. The van der Waals surface area contributed by atoms with E-state index in [4.69, 9.17) is 22.1 Å². The predicted molar refractivity (Wildman–Crippen MR) is 282 cm³/mol. The van der Waals surface area contributed by atoms with Crippen LogP contribution < -0.4 is 11.1 Å². The molecule has 4 aromatic carbocycles. The first-order valence-electron chi connectivity index (χ1n) is 23.1. The van der Waals surface area contributed by atoms with E-state index in [9.17, 15) is 4.79 Å². The van der Waals surface area contributed by atoms with E-state index in [1.54, 1.807) is 25.3 Å². The van der Waals surface area contributed by atoms with E-state index in [0.29, 0.717) is 29.1 Å². The molecule has 6 aromatic rings. The molecule has 0 bridgehead atoms. The Morgan fingerprint density at radius 2 is 1.07 bits per heavy atom. The van der Waals surface area contributed by atoms with Crippen LogP contribution in [0.15, 0.2) is 133 Å². The van der Waals surface area contributed by atoms with E-state index >= 15 is 0 Å². The summed E-state index contributed by atoms with van der Waals surface area (Å²) in [7, 11) is 0. The molecule has 0 aliphatic carbocycles. The molecule has 4 heterocycles. The summed E-state index contributed by atoms with van der Waals surface area (Å²) in [6.07, 6.45) is 2.10. The Morgan fingerprint density at radius 3 is 1.48 bits per heavy atom. The number of rotatable bonds is 17. The number of aromatic nitrogens is 3. The third-order valence-electron chi connectivity index (χ3n) is 12.4. The SMILES string of the molecule is CCOC(=O)C(C)(C)c1nc2ccc(NCCCN3CCN(C(c4ccccc4)c4ccccc4)CC3)nn2c1Cl.Cl.Cl.Cl.NCCCN1CCN(C(c2ccccc2)c2ccccc2)CC1. The average molecular weight is 994 g/mol. The van der Waals surface area contributed by atoms with Crippen LogP contribution in [0.5, 0.6) is 0 Å². The van der Waals surface area contributed by atoms with Crippen molar-refractivity contribution in [2.24, 2.45) is 5.73 Å². The fraction of sp³-hybridized carbons (Fsp3) is 0.404. The molecule has 0 unspecified atom stereocenters. The van der Waals surface area contributed by atoms with Crippen molar-refractivity contribution >= 4 is 66.3 Å². The molecule has 2 aliphatic heterocycles. The Morgan fingerprint density at radius 1 is 0.657 bits per heavy atom. The third-order valence-corrected chi connectivity index (χ3v) is 12.8. The van der Waals surface area contributed by atoms with E-state index in [0.717, 1.165) is 97.2 Å². The molecule has 2 aromatic heterocycles. The first-order valence-corrected chi connectivity index (χ1v) is 23.4. The zero-order chi connectivity index (χ0) is 44.7. The number of hydrogen-bond donors (Lipinski definition) is 2. The van der Waals surface area contributed by atoms with E-state index in [-0.39, 0.29) is 49.2 Å². The molecular formula is C52H69Cl4N9O2. The number of anilines is 1. The standard InChI is InChI=1S/C32H39ClN6O2.C20H27N3.3ClH/c1-4-41-31(40)32(2,3)29-30(33)39-27(35-29)17-16-26(36-39)34-18-11-19-37-20-22-38(23-21-37)28(24-12-7-5-8-13-24)25-14-9-6-10-15-25;21-12-7-13-22-14-16-23(17-15-22)20(18-8-3-1-4-9-18)19-10-5-2-6-11-19;;;/h5-10,12-17,28H,4,11,18-23H2,1-3H3,(H,34,36);1-6,8-11,20H,7,12-17,21H2;3*1H. The number of hydrogen-bond acceptors (Lipinski definition) is 10. The quantitative estimate of drug-likeness (QED) is 0.0679. The van der Waals surface area contributed by atoms with Crippen LogP contribution in [-0.2, 0) is 14.9 Å². The van der Waals surface area contributed by atoms with Crippen LogP contribution in [0.1, 0.15) is 73.6 Å². The monoisotopic (exact) mass is 991 g/mol. The van der Waals surface area contributed by atoms with E-state index < -0.39 is 5.41 Å². The van der Waals surface area contributed by atoms with Gasteiger partial charge in [0.25, 0.3) is 0 Å². The lowest BCUT2D eigenvalue weighted by atomic mass is 9.90. The molecule has 2 fully saturated rings. The fourth-order valence-corrected chi connectivity index (χ4v) is 9.30. The highest BCUT2D eigenvalue weighted by Gasteiger charge is 2.37. The summed E-state index contributed by atoms with van der Waals surface area (Å²) in [5.41, 5.74) is 11.2. The Hall–Kier alpha value is -4.27. The molecule has 3 N–H and O–H groups in total. The maximum atomic E-state index is 12.5. The minimum absolute atomic E-state index is 0. The molecule has 362 valence electrons. The number of nitrogens with zero attached hydrogens (tertiary/aromatic N) is 7. The number of piperazine rings is 2. The topological polar surface area (TPSA) is 107 Å². The van der Waals surface area contributed by atoms with Gasteiger partial charge in [-0.1, -0.05) is 133 Å². The normalized spacial score (nSPS) is 14.9. The van der Waals surface area contributed by atoms with Crippen molar-refractivity contribution < 1.29 is 9.53 Å². The highest BCUT2D eigenvalue weighted by atomic mass is 35.5. The van der Waals surface area contributed by atoms with Crippen molar-refractivity contribution in [3.63, 3.8) is 0 Å². The predicted octanol–water partition coefficient (Wildman–Crippen LogP) is 9.44. The summed E-state index contributed by atoms with van der Waals surface area (Å²) < 4.78 is 6.80. The number of esters is 1. The van der Waals surface area contributed by atoms with Crippen LogP contribution in [0.25, 0.3) is 5.65 Å². The van der Waals surface area contributed by atoms with Crippen LogP contribution in [0.4, 0.5) is 5.82 Å². The van der Waals surface area contributed by atoms with Gasteiger partial charge in [0.05, 0.1) is 24.4 Å². The van der Waals surface area contributed by atoms with Crippen molar-refractivity contribution in [3.8, 4) is 0 Å². The Labute approximate surface area is 421 Å². The Balaban J connectivity index is 0.000000322. The highest BCUT2D eigenvalue weighted by Crippen LogP contribution is 2.33. The van der Waals surface area contributed by atoms with Gasteiger partial charge in [-0.05, 0) is 87.6 Å². The zero-order valence-corrected chi connectivity index (χ0v) is 42.3. The van der Waals surface area contributed by atoms with Gasteiger partial charge in [0.1, 0.15) is 11.2 Å². The first-order chi connectivity index (χ1) is 31.3. The van der Waals surface area contributed by atoms with Crippen molar-refractivity contribution in [1.29, 1.82) is 0 Å². The van der Waals surface area contributed by atoms with Crippen LogP contribution in [0, 0.1) is 0 Å². The lowest BCUT2D eigenvalue weighted by molar-refractivity contribution is -0.148. The lowest BCUT2D eigenvalue weighted by Crippen LogP contribution is -2.48. The summed E-state index contributed by atoms with van der Waals surface area (Å²) in [6, 6.07) is 47.8. The summed E-state index contributed by atoms with van der Waals surface area (Å²) >= 11 is 6.62. The van der Waals surface area contributed by atoms with Gasteiger partial charge < -0.3 is 25.6 Å². The van der Waals surface area contributed by atoms with E-state index in [1.807, 2.05) is 12.1 Å². The maximum absolute atomic E-state index is 12.5.